The van der Waals surface area contributed by atoms with E-state index in [9.17, 15) is 9.59 Å². The Morgan fingerprint density at radius 1 is 1.00 bits per heavy atom. The fourth-order valence-electron chi connectivity index (χ4n) is 3.46. The maximum Gasteiger partial charge on any atom is 0.410 e. The summed E-state index contributed by atoms with van der Waals surface area (Å²) < 4.78 is 5.44. The first kappa shape index (κ1) is 20.0. The van der Waals surface area contributed by atoms with Gasteiger partial charge in [-0.3, -0.25) is 9.69 Å². The van der Waals surface area contributed by atoms with E-state index in [0.717, 1.165) is 65.1 Å². The molecule has 0 bridgehead atoms. The number of carbonyl (C=O) groups excluding carboxylic acids is 1. The van der Waals surface area contributed by atoms with Crippen molar-refractivity contribution < 1.29 is 19.4 Å². The lowest BCUT2D eigenvalue weighted by molar-refractivity contribution is -0.138. The van der Waals surface area contributed by atoms with E-state index in [1.165, 1.54) is 0 Å². The molecule has 0 saturated carbocycles. The van der Waals surface area contributed by atoms with Gasteiger partial charge < -0.3 is 19.6 Å². The fraction of sp³-hybridized carbons (Fsp3) is 0.889. The molecule has 7 nitrogen and oxygen atoms in total. The monoisotopic (exact) mass is 355 g/mol. The molecule has 25 heavy (non-hydrogen) atoms. The summed E-state index contributed by atoms with van der Waals surface area (Å²) >= 11 is 0. The molecule has 1 N–H and O–H groups in total. The number of hydrogen-bond acceptors (Lipinski definition) is 5. The predicted octanol–water partition coefficient (Wildman–Crippen LogP) is 1.73. The van der Waals surface area contributed by atoms with Gasteiger partial charge in [0.2, 0.25) is 0 Å². The van der Waals surface area contributed by atoms with Gasteiger partial charge in [0, 0.05) is 39.3 Å². The van der Waals surface area contributed by atoms with Crippen LogP contribution >= 0.6 is 0 Å². The molecule has 0 atom stereocenters. The van der Waals surface area contributed by atoms with Gasteiger partial charge in [-0.05, 0) is 52.5 Å². The molecular weight excluding hydrogens is 322 g/mol. The van der Waals surface area contributed by atoms with Crippen LogP contribution in [-0.2, 0) is 9.53 Å². The highest BCUT2D eigenvalue weighted by atomic mass is 16.6. The Morgan fingerprint density at radius 2 is 1.56 bits per heavy atom. The molecule has 144 valence electrons. The number of nitrogens with zero attached hydrogens (tertiary/aromatic N) is 3. The molecule has 0 aromatic carbocycles. The van der Waals surface area contributed by atoms with E-state index in [1.807, 2.05) is 30.6 Å². The van der Waals surface area contributed by atoms with Crippen molar-refractivity contribution in [1.29, 1.82) is 0 Å². The number of carboxylic acids is 1. The summed E-state index contributed by atoms with van der Waals surface area (Å²) in [6.45, 7) is 12.0. The topological polar surface area (TPSA) is 73.3 Å². The number of piperazine rings is 1. The van der Waals surface area contributed by atoms with Crippen molar-refractivity contribution in [2.75, 3.05) is 52.4 Å². The number of likely N-dealkylation sites (tertiary alicyclic amines) is 1. The summed E-state index contributed by atoms with van der Waals surface area (Å²) in [5.74, 6) is -0.0825. The smallest absolute Gasteiger partial charge is 0.410 e. The molecule has 2 aliphatic rings. The van der Waals surface area contributed by atoms with Crippen molar-refractivity contribution in [3.63, 3.8) is 0 Å². The minimum absolute atomic E-state index is 0.150. The van der Waals surface area contributed by atoms with Gasteiger partial charge in [0.05, 0.1) is 6.54 Å². The van der Waals surface area contributed by atoms with E-state index in [-0.39, 0.29) is 12.6 Å². The maximum atomic E-state index is 12.1. The van der Waals surface area contributed by atoms with Gasteiger partial charge in [-0.1, -0.05) is 0 Å². The first-order chi connectivity index (χ1) is 11.7. The number of rotatable bonds is 5. The van der Waals surface area contributed by atoms with Crippen LogP contribution in [0.4, 0.5) is 4.79 Å². The molecule has 1 amide bonds. The third kappa shape index (κ3) is 7.20. The second-order valence-corrected chi connectivity index (χ2v) is 8.21. The standard InChI is InChI=1S/C18H33N3O4/c1-18(2,3)25-17(24)21-8-5-15(6-9-21)4-7-19-10-12-20(13-11-19)14-16(22)23/h15H,4-14H2,1-3H3,(H,22,23). The highest BCUT2D eigenvalue weighted by Gasteiger charge is 2.27. The van der Waals surface area contributed by atoms with Crippen molar-refractivity contribution in [3.8, 4) is 0 Å². The van der Waals surface area contributed by atoms with Gasteiger partial charge in [0.1, 0.15) is 5.60 Å². The lowest BCUT2D eigenvalue weighted by Crippen LogP contribution is -2.48. The molecule has 0 aromatic rings. The summed E-state index contributed by atoms with van der Waals surface area (Å²) in [7, 11) is 0. The minimum atomic E-state index is -0.745. The minimum Gasteiger partial charge on any atom is -0.480 e. The van der Waals surface area contributed by atoms with Crippen molar-refractivity contribution in [1.82, 2.24) is 14.7 Å². The SMILES string of the molecule is CC(C)(C)OC(=O)N1CCC(CCN2CCN(CC(=O)O)CC2)CC1. The van der Waals surface area contributed by atoms with Crippen molar-refractivity contribution >= 4 is 12.1 Å². The van der Waals surface area contributed by atoms with Crippen LogP contribution in [0.1, 0.15) is 40.0 Å². The Labute approximate surface area is 150 Å². The Bertz CT molecular complexity index is 448. The first-order valence-corrected chi connectivity index (χ1v) is 9.37. The summed E-state index contributed by atoms with van der Waals surface area (Å²) in [6.07, 6.45) is 3.04. The molecule has 2 aliphatic heterocycles. The molecule has 2 rings (SSSR count). The number of piperidine rings is 1. The lowest BCUT2D eigenvalue weighted by Gasteiger charge is -2.36. The molecule has 0 unspecified atom stereocenters. The largest absolute Gasteiger partial charge is 0.480 e. The van der Waals surface area contributed by atoms with Crippen LogP contribution in [0.2, 0.25) is 0 Å². The first-order valence-electron chi connectivity index (χ1n) is 9.37. The Balaban J connectivity index is 1.61. The Kier molecular flexibility index (Phi) is 7.07. The van der Waals surface area contributed by atoms with Crippen LogP contribution in [0.3, 0.4) is 0 Å². The average molecular weight is 355 g/mol. The van der Waals surface area contributed by atoms with E-state index in [0.29, 0.717) is 5.92 Å². The van der Waals surface area contributed by atoms with Gasteiger partial charge in [-0.2, -0.15) is 0 Å². The maximum absolute atomic E-state index is 12.1. The number of hydrogen-bond donors (Lipinski definition) is 1. The summed E-state index contributed by atoms with van der Waals surface area (Å²) in [5.41, 5.74) is -0.434. The molecule has 0 aliphatic carbocycles. The van der Waals surface area contributed by atoms with Crippen LogP contribution in [0.25, 0.3) is 0 Å². The number of carboxylic acid groups (broad SMARTS) is 1. The molecule has 0 spiro atoms. The van der Waals surface area contributed by atoms with E-state index in [4.69, 9.17) is 9.84 Å². The number of carbonyl (C=O) groups is 2. The number of aliphatic carboxylic acids is 1. The van der Waals surface area contributed by atoms with Crippen LogP contribution in [0, 0.1) is 5.92 Å². The quantitative estimate of drug-likeness (QED) is 0.810. The normalized spacial score (nSPS) is 21.3. The lowest BCUT2D eigenvalue weighted by atomic mass is 9.93. The Morgan fingerprint density at radius 3 is 2.08 bits per heavy atom. The van der Waals surface area contributed by atoms with E-state index >= 15 is 0 Å². The highest BCUT2D eigenvalue weighted by Crippen LogP contribution is 2.22. The van der Waals surface area contributed by atoms with Crippen LogP contribution < -0.4 is 0 Å². The van der Waals surface area contributed by atoms with Gasteiger partial charge in [-0.15, -0.1) is 0 Å². The molecule has 0 aromatic heterocycles. The van der Waals surface area contributed by atoms with Crippen molar-refractivity contribution in [3.05, 3.63) is 0 Å². The van der Waals surface area contributed by atoms with Crippen LogP contribution in [-0.4, -0.2) is 89.8 Å². The summed E-state index contributed by atoms with van der Waals surface area (Å²) in [6, 6.07) is 0. The predicted molar refractivity (Wildman–Crippen MR) is 95.7 cm³/mol. The van der Waals surface area contributed by atoms with E-state index < -0.39 is 11.6 Å². The molecule has 7 heteroatoms. The summed E-state index contributed by atoms with van der Waals surface area (Å²) in [5, 5.41) is 8.84. The zero-order valence-electron chi connectivity index (χ0n) is 15.9. The molecular formula is C18H33N3O4. The summed E-state index contributed by atoms with van der Waals surface area (Å²) in [4.78, 5) is 29.1. The van der Waals surface area contributed by atoms with Gasteiger partial charge >= 0.3 is 12.1 Å². The average Bonchev–Trinajstić information content (AvgIpc) is 2.52. The molecule has 2 saturated heterocycles. The fourth-order valence-corrected chi connectivity index (χ4v) is 3.46. The highest BCUT2D eigenvalue weighted by molar-refractivity contribution is 5.69. The van der Waals surface area contributed by atoms with Crippen LogP contribution in [0.15, 0.2) is 0 Å². The molecule has 0 radical (unpaired) electrons. The number of amides is 1. The van der Waals surface area contributed by atoms with E-state index in [2.05, 4.69) is 4.90 Å². The second-order valence-electron chi connectivity index (χ2n) is 8.21. The van der Waals surface area contributed by atoms with Gasteiger partial charge in [0.15, 0.2) is 0 Å². The van der Waals surface area contributed by atoms with E-state index in [1.54, 1.807) is 0 Å². The van der Waals surface area contributed by atoms with Gasteiger partial charge in [-0.25, -0.2) is 4.79 Å². The second kappa shape index (κ2) is 8.85. The zero-order chi connectivity index (χ0) is 18.4. The van der Waals surface area contributed by atoms with Gasteiger partial charge in [0.25, 0.3) is 0 Å². The third-order valence-corrected chi connectivity index (χ3v) is 4.94. The third-order valence-electron chi connectivity index (χ3n) is 4.94. The van der Waals surface area contributed by atoms with Crippen molar-refractivity contribution in [2.24, 2.45) is 5.92 Å². The zero-order valence-corrected chi connectivity index (χ0v) is 15.9. The molecule has 2 heterocycles. The van der Waals surface area contributed by atoms with Crippen molar-refractivity contribution in [2.45, 2.75) is 45.6 Å². The molecule has 2 fully saturated rings. The van der Waals surface area contributed by atoms with Crippen LogP contribution in [0.5, 0.6) is 0 Å². The Hall–Kier alpha value is -1.34. The number of ether oxygens (including phenoxy) is 1.